The van der Waals surface area contributed by atoms with Crippen LogP contribution in [0.25, 0.3) is 28.1 Å². The van der Waals surface area contributed by atoms with Crippen LogP contribution in [0.5, 0.6) is 0 Å². The average Bonchev–Trinajstić information content (AvgIpc) is 3.81. The molecule has 4 heterocycles. The lowest BCUT2D eigenvalue weighted by molar-refractivity contribution is 0.0929. The fraction of sp³-hybridized carbons (Fsp3) is 0.172. The molecule has 0 saturated carbocycles. The average molecular weight is 610 g/mol. The van der Waals surface area contributed by atoms with Crippen molar-refractivity contribution in [2.45, 2.75) is 25.4 Å². The van der Waals surface area contributed by atoms with Crippen molar-refractivity contribution in [3.8, 4) is 11.4 Å². The number of amides is 3. The highest BCUT2D eigenvalue weighted by Gasteiger charge is 2.27. The summed E-state index contributed by atoms with van der Waals surface area (Å²) in [5.41, 5.74) is 9.42. The molecule has 3 amide bonds. The van der Waals surface area contributed by atoms with E-state index < -0.39 is 29.2 Å². The molecule has 2 aromatic carbocycles. The zero-order valence-corrected chi connectivity index (χ0v) is 23.5. The van der Waals surface area contributed by atoms with Crippen LogP contribution >= 0.6 is 0 Å². The number of carbonyl (C=O) groups is 3. The Morgan fingerprint density at radius 1 is 1.11 bits per heavy atom. The minimum atomic E-state index is -0.825. The molecule has 4 aromatic heterocycles. The van der Waals surface area contributed by atoms with Crippen LogP contribution in [0, 0.1) is 0 Å². The number of H-pyrrole nitrogens is 1. The summed E-state index contributed by atoms with van der Waals surface area (Å²) in [5, 5.41) is 13.6. The third kappa shape index (κ3) is 4.83. The van der Waals surface area contributed by atoms with Gasteiger partial charge in [-0.25, -0.2) is 19.1 Å². The number of aromatic nitrogens is 6. The van der Waals surface area contributed by atoms with E-state index in [1.165, 1.54) is 16.8 Å². The van der Waals surface area contributed by atoms with Gasteiger partial charge in [-0.15, -0.1) is 0 Å². The number of benzene rings is 2. The molecule has 0 unspecified atom stereocenters. The molecule has 0 radical (unpaired) electrons. The Labute approximate surface area is 250 Å². The summed E-state index contributed by atoms with van der Waals surface area (Å²) < 4.78 is 12.2. The first-order chi connectivity index (χ1) is 21.7. The van der Waals surface area contributed by atoms with Crippen LogP contribution in [0.1, 0.15) is 60.5 Å². The van der Waals surface area contributed by atoms with Crippen molar-refractivity contribution in [3.05, 3.63) is 103 Å². The van der Waals surface area contributed by atoms with Gasteiger partial charge in [0.05, 0.1) is 17.8 Å². The first-order valence-electron chi connectivity index (χ1n) is 13.7. The third-order valence-corrected chi connectivity index (χ3v) is 7.75. The smallest absolute Gasteiger partial charge is 0.408 e. The number of aromatic amines is 1. The lowest BCUT2D eigenvalue weighted by atomic mass is 10.0. The van der Waals surface area contributed by atoms with E-state index >= 15 is 0 Å². The maximum atomic E-state index is 13.5. The third-order valence-electron chi connectivity index (χ3n) is 7.75. The highest BCUT2D eigenvalue weighted by atomic mass is 16.5. The number of carbonyl (C=O) groups excluding carboxylic acids is 3. The van der Waals surface area contributed by atoms with Crippen molar-refractivity contribution < 1.29 is 23.3 Å². The number of nitrogens with one attached hydrogen (secondary N) is 3. The summed E-state index contributed by atoms with van der Waals surface area (Å²) in [4.78, 5) is 69.1. The van der Waals surface area contributed by atoms with Gasteiger partial charge < -0.3 is 20.8 Å². The van der Waals surface area contributed by atoms with E-state index in [4.69, 9.17) is 10.2 Å². The van der Waals surface area contributed by atoms with Crippen molar-refractivity contribution in [3.63, 3.8) is 0 Å². The van der Waals surface area contributed by atoms with Gasteiger partial charge >= 0.3 is 11.5 Å². The lowest BCUT2D eigenvalue weighted by Crippen LogP contribution is -2.30. The molecule has 0 spiro atoms. The molecule has 7 rings (SSSR count). The quantitative estimate of drug-likeness (QED) is 0.200. The fourth-order valence-corrected chi connectivity index (χ4v) is 5.47. The number of fused-ring (bicyclic) bond motifs is 3. The van der Waals surface area contributed by atoms with E-state index in [0.29, 0.717) is 40.9 Å². The van der Waals surface area contributed by atoms with E-state index in [2.05, 4.69) is 35.4 Å². The van der Waals surface area contributed by atoms with Gasteiger partial charge in [0.25, 0.3) is 17.7 Å². The second-order valence-corrected chi connectivity index (χ2v) is 10.5. The predicted octanol–water partition coefficient (Wildman–Crippen LogP) is 0.964. The van der Waals surface area contributed by atoms with Gasteiger partial charge in [-0.2, -0.15) is 5.10 Å². The van der Waals surface area contributed by atoms with Crippen molar-refractivity contribution in [1.29, 1.82) is 0 Å². The lowest BCUT2D eigenvalue weighted by Gasteiger charge is -2.15. The number of hydrogen-bond acceptors (Lipinski definition) is 10. The summed E-state index contributed by atoms with van der Waals surface area (Å²) in [7, 11) is 1.58. The Balaban J connectivity index is 1.15. The van der Waals surface area contributed by atoms with Gasteiger partial charge in [-0.1, -0.05) is 23.4 Å². The predicted molar refractivity (Wildman–Crippen MR) is 155 cm³/mol. The van der Waals surface area contributed by atoms with Crippen molar-refractivity contribution in [1.82, 2.24) is 39.9 Å². The Kier molecular flexibility index (Phi) is 6.38. The van der Waals surface area contributed by atoms with E-state index in [9.17, 15) is 24.0 Å². The molecular formula is C29H23N9O7. The molecule has 0 fully saturated rings. The molecule has 45 heavy (non-hydrogen) atoms. The molecular weight excluding hydrogens is 586 g/mol. The molecule has 16 nitrogen and oxygen atoms in total. The summed E-state index contributed by atoms with van der Waals surface area (Å²) >= 11 is 0. The zero-order valence-electron chi connectivity index (χ0n) is 23.5. The molecule has 16 heteroatoms. The highest BCUT2D eigenvalue weighted by Crippen LogP contribution is 2.33. The fourth-order valence-electron chi connectivity index (χ4n) is 5.47. The van der Waals surface area contributed by atoms with Gasteiger partial charge in [0.1, 0.15) is 17.0 Å². The topological polar surface area (TPSA) is 226 Å². The number of primary amides is 1. The second kappa shape index (κ2) is 10.4. The van der Waals surface area contributed by atoms with Gasteiger partial charge in [-0.05, 0) is 47.7 Å². The van der Waals surface area contributed by atoms with E-state index in [1.807, 2.05) is 12.1 Å². The summed E-state index contributed by atoms with van der Waals surface area (Å²) in [5.74, 6) is -2.85. The maximum Gasteiger partial charge on any atom is 0.439 e. The molecule has 0 aliphatic heterocycles. The minimum absolute atomic E-state index is 0.0480. The van der Waals surface area contributed by atoms with Crippen LogP contribution in [0.3, 0.4) is 0 Å². The molecule has 1 aliphatic rings. The molecule has 1 atom stereocenters. The Bertz CT molecular complexity index is 2310. The van der Waals surface area contributed by atoms with Crippen LogP contribution in [0.2, 0.25) is 0 Å². The van der Waals surface area contributed by atoms with E-state index in [-0.39, 0.29) is 35.2 Å². The molecule has 6 aromatic rings. The molecule has 0 bridgehead atoms. The molecule has 1 aliphatic carbocycles. The van der Waals surface area contributed by atoms with Gasteiger partial charge in [0.15, 0.2) is 17.1 Å². The summed E-state index contributed by atoms with van der Waals surface area (Å²) in [6.45, 7) is 0.0759. The van der Waals surface area contributed by atoms with E-state index in [1.54, 1.807) is 31.3 Å². The number of oxazole rings is 1. The van der Waals surface area contributed by atoms with E-state index in [0.717, 1.165) is 15.6 Å². The second-order valence-electron chi connectivity index (χ2n) is 10.5. The number of nitrogens with zero attached hydrogens (tertiary/aromatic N) is 5. The Morgan fingerprint density at radius 3 is 2.73 bits per heavy atom. The van der Waals surface area contributed by atoms with Crippen LogP contribution in [-0.4, -0.2) is 47.0 Å². The largest absolute Gasteiger partial charge is 0.439 e. The molecule has 5 N–H and O–H groups in total. The molecule has 226 valence electrons. The number of rotatable bonds is 7. The van der Waals surface area contributed by atoms with Crippen molar-refractivity contribution in [2.24, 2.45) is 12.8 Å². The van der Waals surface area contributed by atoms with Crippen molar-refractivity contribution in [2.75, 3.05) is 0 Å². The SMILES string of the molecule is Cn1c(=O)oc2ccc(CNC(=O)c3cc(C(=O)N[C@H]4CCc5cc(-c6noc(=O)[nH]6)ccc54)nc4c(C(N)=O)cnn34)cc21. The first kappa shape index (κ1) is 27.5. The summed E-state index contributed by atoms with van der Waals surface area (Å²) in [6, 6.07) is 11.5. The van der Waals surface area contributed by atoms with Gasteiger partial charge in [0, 0.05) is 25.2 Å². The van der Waals surface area contributed by atoms with Crippen LogP contribution < -0.4 is 27.9 Å². The van der Waals surface area contributed by atoms with Crippen molar-refractivity contribution >= 4 is 34.5 Å². The minimum Gasteiger partial charge on any atom is -0.408 e. The summed E-state index contributed by atoms with van der Waals surface area (Å²) in [6.07, 6.45) is 2.44. The highest BCUT2D eigenvalue weighted by molar-refractivity contribution is 6.02. The van der Waals surface area contributed by atoms with Crippen LogP contribution in [-0.2, 0) is 20.0 Å². The number of nitrogens with two attached hydrogens (primary N) is 1. The number of hydrogen-bond donors (Lipinski definition) is 4. The standard InChI is InChI=1S/C29H23N9O7/c1-37-20-8-13(2-7-22(20)44-29(37)43)11-31-27(41)21-10-19(33-25-17(23(30)39)12-32-38(21)25)26(40)34-18-6-4-14-9-15(3-5-16(14)18)24-35-28(42)45-36-24/h2-3,5,7-10,12,18H,4,6,11H2,1H3,(H2,30,39)(H,31,41)(H,34,40)(H,35,36,42)/t18-/m0/s1. The number of aryl methyl sites for hydroxylation is 2. The first-order valence-corrected chi connectivity index (χ1v) is 13.7. The monoisotopic (exact) mass is 609 g/mol. The Morgan fingerprint density at radius 2 is 1.96 bits per heavy atom. The zero-order chi connectivity index (χ0) is 31.4. The van der Waals surface area contributed by atoms with Crippen LogP contribution in [0.15, 0.2) is 67.2 Å². The van der Waals surface area contributed by atoms with Gasteiger partial charge in [0.2, 0.25) is 0 Å². The maximum absolute atomic E-state index is 13.5. The van der Waals surface area contributed by atoms with Crippen LogP contribution in [0.4, 0.5) is 0 Å². The van der Waals surface area contributed by atoms with Gasteiger partial charge in [-0.3, -0.25) is 28.5 Å². The Hall–Kier alpha value is -6.32. The molecule has 0 saturated heterocycles. The normalized spacial score (nSPS) is 14.1.